The molecule has 2 nitrogen and oxygen atoms in total. The quantitative estimate of drug-likeness (QED) is 0.784. The summed E-state index contributed by atoms with van der Waals surface area (Å²) in [5, 5.41) is 0. The molecule has 16 heavy (non-hydrogen) atoms. The summed E-state index contributed by atoms with van der Waals surface area (Å²) in [4.78, 5) is 0. The zero-order valence-corrected chi connectivity index (χ0v) is 11.9. The van der Waals surface area contributed by atoms with E-state index in [2.05, 4.69) is 22.9 Å². The van der Waals surface area contributed by atoms with Crippen molar-refractivity contribution in [2.24, 2.45) is 5.73 Å². The molecule has 0 aromatic heterocycles. The summed E-state index contributed by atoms with van der Waals surface area (Å²) in [5.74, 6) is 3.24. The van der Waals surface area contributed by atoms with Gasteiger partial charge in [-0.05, 0) is 36.1 Å². The van der Waals surface area contributed by atoms with E-state index in [1.165, 1.54) is 5.75 Å². The first kappa shape index (κ1) is 13.9. The van der Waals surface area contributed by atoms with Gasteiger partial charge < -0.3 is 10.5 Å². The van der Waals surface area contributed by atoms with Crippen LogP contribution >= 0.6 is 27.7 Å². The molecule has 0 heterocycles. The Morgan fingerprint density at radius 2 is 2.25 bits per heavy atom. The average Bonchev–Trinajstić information content (AvgIpc) is 2.30. The summed E-state index contributed by atoms with van der Waals surface area (Å²) in [5.41, 5.74) is 6.72. The topological polar surface area (TPSA) is 35.2 Å². The second-order valence-corrected chi connectivity index (χ2v) is 5.66. The van der Waals surface area contributed by atoms with Crippen LogP contribution < -0.4 is 10.5 Å². The van der Waals surface area contributed by atoms with Gasteiger partial charge in [-0.2, -0.15) is 11.8 Å². The summed E-state index contributed by atoms with van der Waals surface area (Å²) < 4.78 is 6.76. The molecule has 2 N–H and O–H groups in total. The standard InChI is InChI=1S/C12H18BrNOS/c1-2-16-7-3-6-15-12-5-4-11(13)8-10(12)9-14/h4-5,8H,2-3,6-7,9,14H2,1H3. The van der Waals surface area contributed by atoms with E-state index >= 15 is 0 Å². The third-order valence-electron chi connectivity index (χ3n) is 2.14. The van der Waals surface area contributed by atoms with Crippen LogP contribution in [0.2, 0.25) is 0 Å². The molecule has 0 saturated carbocycles. The number of thioether (sulfide) groups is 1. The fourth-order valence-corrected chi connectivity index (χ4v) is 2.35. The predicted molar refractivity (Wildman–Crippen MR) is 75.1 cm³/mol. The molecule has 0 unspecified atom stereocenters. The van der Waals surface area contributed by atoms with Crippen molar-refractivity contribution >= 4 is 27.7 Å². The molecule has 0 fully saturated rings. The highest BCUT2D eigenvalue weighted by atomic mass is 79.9. The highest BCUT2D eigenvalue weighted by molar-refractivity contribution is 9.10. The van der Waals surface area contributed by atoms with Crippen molar-refractivity contribution < 1.29 is 4.74 Å². The molecule has 1 aromatic rings. The molecule has 0 radical (unpaired) electrons. The van der Waals surface area contributed by atoms with Crippen molar-refractivity contribution in [1.29, 1.82) is 0 Å². The van der Waals surface area contributed by atoms with Gasteiger partial charge in [0, 0.05) is 16.6 Å². The van der Waals surface area contributed by atoms with Crippen LogP contribution in [0.1, 0.15) is 18.9 Å². The molecule has 4 heteroatoms. The molecular formula is C12H18BrNOS. The molecule has 0 amide bonds. The smallest absolute Gasteiger partial charge is 0.123 e. The number of hydrogen-bond donors (Lipinski definition) is 1. The van der Waals surface area contributed by atoms with Crippen molar-refractivity contribution in [1.82, 2.24) is 0 Å². The number of benzene rings is 1. The van der Waals surface area contributed by atoms with Crippen LogP contribution in [-0.2, 0) is 6.54 Å². The van der Waals surface area contributed by atoms with E-state index in [0.29, 0.717) is 6.54 Å². The maximum Gasteiger partial charge on any atom is 0.123 e. The molecule has 0 aliphatic carbocycles. The van der Waals surface area contributed by atoms with E-state index in [0.717, 1.165) is 34.6 Å². The molecule has 0 saturated heterocycles. The van der Waals surface area contributed by atoms with Crippen LogP contribution in [0.3, 0.4) is 0 Å². The van der Waals surface area contributed by atoms with Crippen LogP contribution in [0.25, 0.3) is 0 Å². The Hall–Kier alpha value is -0.190. The highest BCUT2D eigenvalue weighted by Crippen LogP contribution is 2.23. The zero-order chi connectivity index (χ0) is 11.8. The lowest BCUT2D eigenvalue weighted by Gasteiger charge is -2.10. The van der Waals surface area contributed by atoms with Gasteiger partial charge in [-0.25, -0.2) is 0 Å². The van der Waals surface area contributed by atoms with Gasteiger partial charge in [-0.15, -0.1) is 0 Å². The molecule has 0 aliphatic heterocycles. The summed E-state index contributed by atoms with van der Waals surface area (Å²) >= 11 is 5.37. The van der Waals surface area contributed by atoms with Gasteiger partial charge in [0.25, 0.3) is 0 Å². The van der Waals surface area contributed by atoms with E-state index in [9.17, 15) is 0 Å². The molecular weight excluding hydrogens is 286 g/mol. The second kappa shape index (κ2) is 7.98. The summed E-state index contributed by atoms with van der Waals surface area (Å²) in [6.07, 6.45) is 1.08. The van der Waals surface area contributed by atoms with Gasteiger partial charge in [0.15, 0.2) is 0 Å². The maximum atomic E-state index is 5.72. The Kier molecular flexibility index (Phi) is 6.92. The normalized spacial score (nSPS) is 10.4. The van der Waals surface area contributed by atoms with E-state index in [1.807, 2.05) is 30.0 Å². The van der Waals surface area contributed by atoms with Crippen LogP contribution in [0, 0.1) is 0 Å². The fraction of sp³-hybridized carbons (Fsp3) is 0.500. The minimum atomic E-state index is 0.512. The van der Waals surface area contributed by atoms with Crippen molar-refractivity contribution in [2.75, 3.05) is 18.1 Å². The van der Waals surface area contributed by atoms with Gasteiger partial charge in [0.2, 0.25) is 0 Å². The maximum absolute atomic E-state index is 5.72. The Bertz CT molecular complexity index is 320. The Morgan fingerprint density at radius 3 is 2.94 bits per heavy atom. The molecule has 0 spiro atoms. The summed E-state index contributed by atoms with van der Waals surface area (Å²) in [7, 11) is 0. The zero-order valence-electron chi connectivity index (χ0n) is 9.54. The second-order valence-electron chi connectivity index (χ2n) is 3.36. The van der Waals surface area contributed by atoms with Crippen LogP contribution in [0.4, 0.5) is 0 Å². The van der Waals surface area contributed by atoms with Crippen molar-refractivity contribution in [3.8, 4) is 5.75 Å². The number of halogens is 1. The molecule has 90 valence electrons. The molecule has 1 aromatic carbocycles. The fourth-order valence-electron chi connectivity index (χ4n) is 1.34. The number of rotatable bonds is 7. The molecule has 0 aliphatic rings. The predicted octanol–water partition coefficient (Wildman–Crippen LogP) is 3.43. The van der Waals surface area contributed by atoms with E-state index < -0.39 is 0 Å². The SMILES string of the molecule is CCSCCCOc1ccc(Br)cc1CN. The van der Waals surface area contributed by atoms with Crippen molar-refractivity contribution in [3.63, 3.8) is 0 Å². The summed E-state index contributed by atoms with van der Waals surface area (Å²) in [6.45, 7) is 3.45. The minimum absolute atomic E-state index is 0.512. The van der Waals surface area contributed by atoms with Gasteiger partial charge in [0.1, 0.15) is 5.75 Å². The lowest BCUT2D eigenvalue weighted by molar-refractivity contribution is 0.315. The Labute approximate surface area is 110 Å². The minimum Gasteiger partial charge on any atom is -0.493 e. The molecule has 1 rings (SSSR count). The summed E-state index contributed by atoms with van der Waals surface area (Å²) in [6, 6.07) is 5.96. The Morgan fingerprint density at radius 1 is 1.44 bits per heavy atom. The third-order valence-corrected chi connectivity index (χ3v) is 3.62. The van der Waals surface area contributed by atoms with Crippen LogP contribution in [-0.4, -0.2) is 18.1 Å². The lowest BCUT2D eigenvalue weighted by atomic mass is 10.2. The number of ether oxygens (including phenoxy) is 1. The Balaban J connectivity index is 2.41. The third kappa shape index (κ3) is 4.76. The average molecular weight is 304 g/mol. The van der Waals surface area contributed by atoms with E-state index in [-0.39, 0.29) is 0 Å². The van der Waals surface area contributed by atoms with E-state index in [1.54, 1.807) is 0 Å². The first-order chi connectivity index (χ1) is 7.77. The van der Waals surface area contributed by atoms with Crippen LogP contribution in [0.15, 0.2) is 22.7 Å². The highest BCUT2D eigenvalue weighted by Gasteiger charge is 2.02. The van der Waals surface area contributed by atoms with E-state index in [4.69, 9.17) is 10.5 Å². The largest absolute Gasteiger partial charge is 0.493 e. The van der Waals surface area contributed by atoms with Gasteiger partial charge in [0.05, 0.1) is 6.61 Å². The molecule has 0 bridgehead atoms. The first-order valence-corrected chi connectivity index (χ1v) is 7.41. The number of hydrogen-bond acceptors (Lipinski definition) is 3. The lowest BCUT2D eigenvalue weighted by Crippen LogP contribution is -2.04. The molecule has 0 atom stereocenters. The van der Waals surface area contributed by atoms with Crippen molar-refractivity contribution in [2.45, 2.75) is 19.9 Å². The van der Waals surface area contributed by atoms with Gasteiger partial charge >= 0.3 is 0 Å². The van der Waals surface area contributed by atoms with Crippen LogP contribution in [0.5, 0.6) is 5.75 Å². The monoisotopic (exact) mass is 303 g/mol. The number of nitrogens with two attached hydrogens (primary N) is 1. The van der Waals surface area contributed by atoms with Gasteiger partial charge in [-0.3, -0.25) is 0 Å². The van der Waals surface area contributed by atoms with Crippen molar-refractivity contribution in [3.05, 3.63) is 28.2 Å². The van der Waals surface area contributed by atoms with Gasteiger partial charge in [-0.1, -0.05) is 22.9 Å². The first-order valence-electron chi connectivity index (χ1n) is 5.47.